The molecule has 14 nitrogen and oxygen atoms in total. The maximum atomic E-state index is 13.3. The number of carbonyl (C=O) groups is 3. The van der Waals surface area contributed by atoms with Crippen molar-refractivity contribution in [1.29, 1.82) is 0 Å². The maximum absolute atomic E-state index is 13.3. The molecule has 184 valence electrons. The van der Waals surface area contributed by atoms with Gasteiger partial charge in [-0.1, -0.05) is 0 Å². The summed E-state index contributed by atoms with van der Waals surface area (Å²) in [5.41, 5.74) is -6.64. The first kappa shape index (κ1) is 23.2. The minimum absolute atomic E-state index is 0.265. The molecule has 2 aromatic carbocycles. The Hall–Kier alpha value is -3.95. The van der Waals surface area contributed by atoms with E-state index < -0.39 is 99.3 Å². The molecule has 0 saturated heterocycles. The van der Waals surface area contributed by atoms with Crippen molar-refractivity contribution in [2.75, 3.05) is 0 Å². The van der Waals surface area contributed by atoms with Crippen LogP contribution in [0.4, 0.5) is 0 Å². The Morgan fingerprint density at radius 3 is 1.50 bits per heavy atom. The van der Waals surface area contributed by atoms with Crippen LogP contribution >= 0.6 is 0 Å². The number of aliphatic hydroxyl groups excluding tert-OH is 4. The molecule has 0 spiro atoms. The molecule has 2 aromatic rings. The Morgan fingerprint density at radius 2 is 1.15 bits per heavy atom. The van der Waals surface area contributed by atoms with E-state index in [2.05, 4.69) is 0 Å². The van der Waals surface area contributed by atoms with Crippen LogP contribution in [0.15, 0.2) is 24.2 Å². The van der Waals surface area contributed by atoms with Gasteiger partial charge in [0.15, 0.2) is 40.8 Å². The smallest absolute Gasteiger partial charge is 0.219 e. The van der Waals surface area contributed by atoms with Crippen molar-refractivity contribution >= 4 is 17.9 Å². The number of hydrogen-bond acceptors (Lipinski definition) is 14. The van der Waals surface area contributed by atoms with E-state index in [1.807, 2.05) is 0 Å². The van der Waals surface area contributed by atoms with E-state index in [4.69, 9.17) is 2.74 Å². The van der Waals surface area contributed by atoms with E-state index >= 15 is 0 Å². The first-order valence-corrected chi connectivity index (χ1v) is 9.02. The summed E-state index contributed by atoms with van der Waals surface area (Å²) in [6.45, 7) is 0. The van der Waals surface area contributed by atoms with Gasteiger partial charge >= 0.3 is 0 Å². The average molecular weight is 486 g/mol. The predicted molar refractivity (Wildman–Crippen MR) is 107 cm³/mol. The molecule has 0 amide bonds. The van der Waals surface area contributed by atoms with Gasteiger partial charge in [0.1, 0.15) is 24.4 Å². The Balaban J connectivity index is 2.85. The Bertz CT molecular complexity index is 1150. The summed E-state index contributed by atoms with van der Waals surface area (Å²) >= 11 is 0. The number of aromatic hydroxyl groups is 6. The van der Waals surface area contributed by atoms with Crippen molar-refractivity contribution in [3.63, 3.8) is 0 Å². The van der Waals surface area contributed by atoms with Gasteiger partial charge < -0.3 is 61.0 Å². The molecule has 0 bridgehead atoms. The standard InChI is InChI=1S/C20H20O14/c21-5-12(26)15(29)16(30)19(33)20(34,17(31)6-1-8(22)13(27)9(23)2-6)18(32)7-3-10(24)14(28)11(25)4-7/h1-5,12,15-16,19,22-30,33-34H/t12-,15+,16-,19-/m0/s1/i1D,3D. The molecular formula is C20H20O14. The van der Waals surface area contributed by atoms with Crippen LogP contribution in [0, 0.1) is 0 Å². The molecule has 0 saturated carbocycles. The number of ketones is 2. The second kappa shape index (κ2) is 9.50. The third-order valence-corrected chi connectivity index (χ3v) is 4.77. The van der Waals surface area contributed by atoms with Crippen LogP contribution in [-0.4, -0.2) is 104 Å². The summed E-state index contributed by atoms with van der Waals surface area (Å²) < 4.78 is 15.5. The summed E-state index contributed by atoms with van der Waals surface area (Å²) in [7, 11) is 0. The first-order chi connectivity index (χ1) is 16.5. The topological polar surface area (TPSA) is 274 Å². The fourth-order valence-corrected chi connectivity index (χ4v) is 2.84. The molecule has 0 aliphatic rings. The van der Waals surface area contributed by atoms with Gasteiger partial charge in [-0.05, 0) is 24.2 Å². The van der Waals surface area contributed by atoms with E-state index in [0.29, 0.717) is 0 Å². The van der Waals surface area contributed by atoms with E-state index in [9.17, 15) is 70.6 Å². The number of aliphatic hydroxyl groups is 5. The van der Waals surface area contributed by atoms with E-state index in [1.54, 1.807) is 0 Å². The van der Waals surface area contributed by atoms with Crippen LogP contribution in [0.3, 0.4) is 0 Å². The Labute approximate surface area is 191 Å². The van der Waals surface area contributed by atoms with Crippen molar-refractivity contribution in [2.24, 2.45) is 0 Å². The molecule has 0 unspecified atom stereocenters. The van der Waals surface area contributed by atoms with Gasteiger partial charge in [0.05, 0.1) is 2.74 Å². The molecule has 34 heavy (non-hydrogen) atoms. The van der Waals surface area contributed by atoms with E-state index in [0.717, 1.165) is 0 Å². The number of phenols is 6. The van der Waals surface area contributed by atoms with Gasteiger partial charge in [0.25, 0.3) is 0 Å². The van der Waals surface area contributed by atoms with Crippen LogP contribution in [0.2, 0.25) is 0 Å². The number of carbonyl (C=O) groups excluding carboxylic acids is 3. The van der Waals surface area contributed by atoms with Crippen molar-refractivity contribution < 1.29 is 73.3 Å². The molecule has 0 aromatic heterocycles. The summed E-state index contributed by atoms with van der Waals surface area (Å²) in [4.78, 5) is 37.2. The molecule has 0 radical (unpaired) electrons. The lowest BCUT2D eigenvalue weighted by Crippen LogP contribution is -2.63. The molecule has 2 rings (SSSR count). The predicted octanol–water partition coefficient (Wildman–Crippen LogP) is -2.64. The minimum atomic E-state index is -4.10. The lowest BCUT2D eigenvalue weighted by atomic mass is 9.77. The normalized spacial score (nSPS) is 16.0. The Kier molecular flexibility index (Phi) is 6.49. The molecule has 14 heteroatoms. The Morgan fingerprint density at radius 1 is 0.765 bits per heavy atom. The van der Waals surface area contributed by atoms with Gasteiger partial charge in [-0.15, -0.1) is 0 Å². The molecule has 4 atom stereocenters. The summed E-state index contributed by atoms with van der Waals surface area (Å²) in [5.74, 6) is -12.2. The number of Topliss-reactive ketones (excluding diaryl/α,β-unsaturated/α-hetero) is 2. The van der Waals surface area contributed by atoms with Crippen molar-refractivity contribution in [3.05, 3.63) is 35.3 Å². The highest BCUT2D eigenvalue weighted by Gasteiger charge is 2.55. The zero-order valence-electron chi connectivity index (χ0n) is 18.7. The lowest BCUT2D eigenvalue weighted by Gasteiger charge is -2.35. The molecule has 0 aliphatic heterocycles. The second-order valence-electron chi connectivity index (χ2n) is 7.01. The van der Waals surface area contributed by atoms with Crippen LogP contribution in [0.25, 0.3) is 0 Å². The van der Waals surface area contributed by atoms with Gasteiger partial charge in [-0.3, -0.25) is 9.59 Å². The van der Waals surface area contributed by atoms with Crippen LogP contribution in [0.1, 0.15) is 23.5 Å². The number of rotatable bonds is 9. The van der Waals surface area contributed by atoms with Gasteiger partial charge in [0, 0.05) is 11.1 Å². The van der Waals surface area contributed by atoms with Crippen molar-refractivity contribution in [3.8, 4) is 34.5 Å². The monoisotopic (exact) mass is 486 g/mol. The molecule has 11 N–H and O–H groups in total. The molecule has 0 aliphatic carbocycles. The molecular weight excluding hydrogens is 464 g/mol. The van der Waals surface area contributed by atoms with Crippen molar-refractivity contribution in [2.45, 2.75) is 30.0 Å². The zero-order valence-corrected chi connectivity index (χ0v) is 16.7. The van der Waals surface area contributed by atoms with Gasteiger partial charge in [0.2, 0.25) is 17.2 Å². The summed E-state index contributed by atoms with van der Waals surface area (Å²) in [5, 5.41) is 109. The van der Waals surface area contributed by atoms with Crippen molar-refractivity contribution in [1.82, 2.24) is 0 Å². The first-order valence-electron chi connectivity index (χ1n) is 10.0. The lowest BCUT2D eigenvalue weighted by molar-refractivity contribution is -0.149. The average Bonchev–Trinajstić information content (AvgIpc) is 2.86. The van der Waals surface area contributed by atoms with Crippen LogP contribution in [0.5, 0.6) is 34.5 Å². The van der Waals surface area contributed by atoms with Gasteiger partial charge in [-0.25, -0.2) is 0 Å². The van der Waals surface area contributed by atoms with Crippen LogP contribution < -0.4 is 0 Å². The minimum Gasteiger partial charge on any atom is -0.504 e. The van der Waals surface area contributed by atoms with E-state index in [-0.39, 0.29) is 18.4 Å². The number of hydrogen-bond donors (Lipinski definition) is 11. The molecule has 0 fully saturated rings. The number of aldehydes is 1. The fraction of sp³-hybridized carbons (Fsp3) is 0.250. The third kappa shape index (κ3) is 4.43. The number of phenolic OH excluding ortho intramolecular Hbond substituents is 6. The fourth-order valence-electron chi connectivity index (χ4n) is 2.84. The van der Waals surface area contributed by atoms with E-state index in [1.165, 1.54) is 0 Å². The summed E-state index contributed by atoms with van der Waals surface area (Å²) in [6.07, 6.45) is -11.5. The third-order valence-electron chi connectivity index (χ3n) is 4.77. The zero-order chi connectivity index (χ0) is 27.9. The second-order valence-corrected chi connectivity index (χ2v) is 7.01. The SMILES string of the molecule is [2H]c1c(C(=O)C(O)(C(=O)c2cc(O)c(O)c(O)c2[2H])[C@@H](O)[C@@H](O)[C@H](O)[C@@H](O)C=O)cc(O)c(O)c1O. The highest BCUT2D eigenvalue weighted by molar-refractivity contribution is 6.23. The van der Waals surface area contributed by atoms with Gasteiger partial charge in [-0.2, -0.15) is 0 Å². The highest BCUT2D eigenvalue weighted by Crippen LogP contribution is 2.39. The highest BCUT2D eigenvalue weighted by atomic mass is 16.4. The molecule has 0 heterocycles. The van der Waals surface area contributed by atoms with Crippen LogP contribution in [-0.2, 0) is 4.79 Å². The maximum Gasteiger partial charge on any atom is 0.219 e. The summed E-state index contributed by atoms with van der Waals surface area (Å²) in [6, 6.07) is -2.11. The number of benzene rings is 2. The largest absolute Gasteiger partial charge is 0.504 e. The quantitative estimate of drug-likeness (QED) is 0.0748.